The molecule has 0 spiro atoms. The van der Waals surface area contributed by atoms with Gasteiger partial charge in [0.2, 0.25) is 0 Å². The van der Waals surface area contributed by atoms with Crippen molar-refractivity contribution in [3.8, 4) is 0 Å². The Bertz CT molecular complexity index is 744. The van der Waals surface area contributed by atoms with Crippen LogP contribution in [0, 0.1) is 0 Å². The van der Waals surface area contributed by atoms with Gasteiger partial charge in [0.25, 0.3) is 5.91 Å². The monoisotopic (exact) mass is 264 g/mol. The number of rotatable bonds is 3. The van der Waals surface area contributed by atoms with Gasteiger partial charge in [-0.15, -0.1) is 0 Å². The first-order valence-corrected chi connectivity index (χ1v) is 6.14. The molecule has 1 aromatic heterocycles. The van der Waals surface area contributed by atoms with Gasteiger partial charge in [0.05, 0.1) is 11.1 Å². The topological polar surface area (TPSA) is 66.4 Å². The van der Waals surface area contributed by atoms with Gasteiger partial charge >= 0.3 is 0 Å². The number of carbonyl (C=O) groups excluding carboxylic acids is 1. The zero-order chi connectivity index (χ0) is 13.8. The van der Waals surface area contributed by atoms with E-state index in [2.05, 4.69) is 20.8 Å². The van der Waals surface area contributed by atoms with Crippen molar-refractivity contribution in [3.05, 3.63) is 76.8 Å². The number of nitrogens with zero attached hydrogens (tertiary/aromatic N) is 2. The number of pyridine rings is 1. The molecule has 0 bridgehead atoms. The van der Waals surface area contributed by atoms with E-state index in [0.717, 1.165) is 16.3 Å². The van der Waals surface area contributed by atoms with E-state index < -0.39 is 0 Å². The van der Waals surface area contributed by atoms with E-state index in [1.165, 1.54) is 0 Å². The minimum Gasteiger partial charge on any atom is -0.303 e. The Morgan fingerprint density at radius 1 is 1.10 bits per heavy atom. The predicted octanol–water partition coefficient (Wildman–Crippen LogP) is 0.271. The van der Waals surface area contributed by atoms with Crippen LogP contribution >= 0.6 is 0 Å². The van der Waals surface area contributed by atoms with E-state index >= 15 is 0 Å². The van der Waals surface area contributed by atoms with E-state index in [9.17, 15) is 4.79 Å². The zero-order valence-electron chi connectivity index (χ0n) is 10.6. The zero-order valence-corrected chi connectivity index (χ0v) is 10.6. The van der Waals surface area contributed by atoms with Gasteiger partial charge in [-0.1, -0.05) is 18.2 Å². The number of carbonyl (C=O) groups is 1. The molecule has 1 aliphatic heterocycles. The molecule has 1 aromatic carbocycles. The van der Waals surface area contributed by atoms with Crippen LogP contribution in [0.3, 0.4) is 0 Å². The number of hydrogen-bond donors (Lipinski definition) is 2. The van der Waals surface area contributed by atoms with Crippen molar-refractivity contribution >= 4 is 12.0 Å². The van der Waals surface area contributed by atoms with Crippen molar-refractivity contribution in [1.29, 1.82) is 0 Å². The second-order valence-electron chi connectivity index (χ2n) is 4.22. The third-order valence-corrected chi connectivity index (χ3v) is 2.84. The first-order valence-electron chi connectivity index (χ1n) is 6.14. The maximum absolute atomic E-state index is 11.8. The van der Waals surface area contributed by atoms with E-state index in [1.54, 1.807) is 30.7 Å². The van der Waals surface area contributed by atoms with Crippen molar-refractivity contribution in [2.75, 3.05) is 0 Å². The molecule has 0 atom stereocenters. The Morgan fingerprint density at radius 3 is 2.70 bits per heavy atom. The molecule has 2 N–H and O–H groups in total. The molecular weight excluding hydrogens is 252 g/mol. The number of nitrogens with one attached hydrogen (secondary N) is 2. The quantitative estimate of drug-likeness (QED) is 0.782. The third kappa shape index (κ3) is 2.56. The molecule has 0 saturated carbocycles. The summed E-state index contributed by atoms with van der Waals surface area (Å²) >= 11 is 0. The van der Waals surface area contributed by atoms with Crippen LogP contribution in [0.4, 0.5) is 0 Å². The number of amides is 1. The van der Waals surface area contributed by atoms with E-state index in [0.29, 0.717) is 5.56 Å². The minimum atomic E-state index is -0.222. The van der Waals surface area contributed by atoms with Crippen LogP contribution in [0.5, 0.6) is 0 Å². The van der Waals surface area contributed by atoms with Crippen molar-refractivity contribution in [2.45, 2.75) is 0 Å². The lowest BCUT2D eigenvalue weighted by molar-refractivity contribution is 0.0941. The van der Waals surface area contributed by atoms with Crippen molar-refractivity contribution in [3.63, 3.8) is 0 Å². The van der Waals surface area contributed by atoms with Crippen LogP contribution in [-0.4, -0.2) is 10.9 Å². The number of fused-ring (bicyclic) bond motifs is 1. The highest BCUT2D eigenvalue weighted by Gasteiger charge is 2.03. The van der Waals surface area contributed by atoms with Gasteiger partial charge in [-0.2, -0.15) is 0 Å². The summed E-state index contributed by atoms with van der Waals surface area (Å²) in [7, 11) is 0. The largest absolute Gasteiger partial charge is 0.303 e. The average Bonchev–Trinajstić information content (AvgIpc) is 2.90. The Hall–Kier alpha value is -2.95. The molecule has 5 nitrogen and oxygen atoms in total. The summed E-state index contributed by atoms with van der Waals surface area (Å²) in [5.74, 6) is -0.222. The third-order valence-electron chi connectivity index (χ3n) is 2.84. The molecule has 0 aliphatic carbocycles. The Kier molecular flexibility index (Phi) is 3.24. The predicted molar refractivity (Wildman–Crippen MR) is 74.6 cm³/mol. The van der Waals surface area contributed by atoms with Crippen LogP contribution in [0.2, 0.25) is 0 Å². The molecule has 20 heavy (non-hydrogen) atoms. The molecule has 1 aliphatic rings. The van der Waals surface area contributed by atoms with Crippen molar-refractivity contribution in [1.82, 2.24) is 15.8 Å². The molecular formula is C15H12N4O. The first-order chi connectivity index (χ1) is 9.83. The van der Waals surface area contributed by atoms with Crippen LogP contribution < -0.4 is 21.4 Å². The maximum atomic E-state index is 11.8. The van der Waals surface area contributed by atoms with Crippen LogP contribution in [0.25, 0.3) is 6.08 Å². The highest BCUT2D eigenvalue weighted by molar-refractivity contribution is 5.93. The SMILES string of the molecule is O=C(NNC=C1C=c2ccccc2=N1)c1ccncc1. The van der Waals surface area contributed by atoms with Gasteiger partial charge in [-0.25, -0.2) is 4.99 Å². The second kappa shape index (κ2) is 5.36. The molecule has 0 saturated heterocycles. The smallest absolute Gasteiger partial charge is 0.269 e. The van der Waals surface area contributed by atoms with E-state index in [4.69, 9.17) is 0 Å². The van der Waals surface area contributed by atoms with Crippen LogP contribution in [0.15, 0.2) is 65.7 Å². The van der Waals surface area contributed by atoms with E-state index in [-0.39, 0.29) is 5.91 Å². The summed E-state index contributed by atoms with van der Waals surface area (Å²) in [6.07, 6.45) is 6.74. The summed E-state index contributed by atoms with van der Waals surface area (Å²) < 4.78 is 0. The van der Waals surface area contributed by atoms with Gasteiger partial charge < -0.3 is 5.43 Å². The number of hydrogen-bond acceptors (Lipinski definition) is 4. The maximum Gasteiger partial charge on any atom is 0.269 e. The summed E-state index contributed by atoms with van der Waals surface area (Å²) in [4.78, 5) is 20.0. The van der Waals surface area contributed by atoms with Crippen molar-refractivity contribution < 1.29 is 4.79 Å². The van der Waals surface area contributed by atoms with Gasteiger partial charge in [-0.3, -0.25) is 15.2 Å². The van der Waals surface area contributed by atoms with Gasteiger partial charge in [0, 0.05) is 29.4 Å². The molecule has 0 fully saturated rings. The summed E-state index contributed by atoms with van der Waals surface area (Å²) in [5, 5.41) is 2.00. The minimum absolute atomic E-state index is 0.222. The molecule has 2 heterocycles. The standard InChI is InChI=1S/C15H12N4O/c20-15(11-5-7-16-8-6-11)19-17-10-13-9-12-3-1-2-4-14(12)18-13/h1-10,17H,(H,19,20). The fourth-order valence-corrected chi connectivity index (χ4v) is 1.87. The number of aromatic nitrogens is 1. The molecule has 3 rings (SSSR count). The van der Waals surface area contributed by atoms with Gasteiger partial charge in [0.15, 0.2) is 0 Å². The Labute approximate surface area is 115 Å². The molecule has 2 aromatic rings. The van der Waals surface area contributed by atoms with Crippen LogP contribution in [0.1, 0.15) is 10.4 Å². The lowest BCUT2D eigenvalue weighted by Crippen LogP contribution is -2.33. The molecule has 5 heteroatoms. The fourth-order valence-electron chi connectivity index (χ4n) is 1.87. The molecule has 98 valence electrons. The summed E-state index contributed by atoms with van der Waals surface area (Å²) in [5.41, 5.74) is 6.64. The number of para-hydroxylation sites is 1. The first kappa shape index (κ1) is 12.1. The fraction of sp³-hybridized carbons (Fsp3) is 0. The Morgan fingerprint density at radius 2 is 1.90 bits per heavy atom. The number of hydrazine groups is 1. The number of allylic oxidation sites excluding steroid dienone is 1. The Balaban J connectivity index is 1.65. The lowest BCUT2D eigenvalue weighted by atomic mass is 10.3. The van der Waals surface area contributed by atoms with Crippen molar-refractivity contribution in [2.24, 2.45) is 4.99 Å². The summed E-state index contributed by atoms with van der Waals surface area (Å²) in [6, 6.07) is 11.1. The van der Waals surface area contributed by atoms with Gasteiger partial charge in [-0.05, 0) is 24.3 Å². The van der Waals surface area contributed by atoms with Crippen LogP contribution in [-0.2, 0) is 0 Å². The molecule has 0 unspecified atom stereocenters. The van der Waals surface area contributed by atoms with Gasteiger partial charge in [0.1, 0.15) is 0 Å². The number of benzene rings is 1. The average molecular weight is 264 g/mol. The summed E-state index contributed by atoms with van der Waals surface area (Å²) in [6.45, 7) is 0. The van der Waals surface area contributed by atoms with E-state index in [1.807, 2.05) is 30.3 Å². The highest BCUT2D eigenvalue weighted by Crippen LogP contribution is 1.99. The lowest BCUT2D eigenvalue weighted by Gasteiger charge is -2.03. The highest BCUT2D eigenvalue weighted by atomic mass is 16.2. The molecule has 1 amide bonds. The molecule has 0 radical (unpaired) electrons. The second-order valence-corrected chi connectivity index (χ2v) is 4.22. The normalized spacial score (nSPS) is 14.1.